The second-order valence-electron chi connectivity index (χ2n) is 3.94. The van der Waals surface area contributed by atoms with Crippen molar-refractivity contribution in [3.63, 3.8) is 0 Å². The molecule has 1 aromatic heterocycles. The lowest BCUT2D eigenvalue weighted by Gasteiger charge is -2.01. The Hall–Kier alpha value is -1.95. The molecule has 0 saturated heterocycles. The Balaban J connectivity index is 1.89. The van der Waals surface area contributed by atoms with Gasteiger partial charge in [-0.1, -0.05) is 12.1 Å². The lowest BCUT2D eigenvalue weighted by atomic mass is 10.1. The number of tetrazole rings is 1. The summed E-state index contributed by atoms with van der Waals surface area (Å²) in [6, 6.07) is 7.99. The van der Waals surface area contributed by atoms with E-state index in [0.717, 1.165) is 24.4 Å². The van der Waals surface area contributed by atoms with Crippen molar-refractivity contribution >= 4 is 0 Å². The number of methoxy groups -OCH3 is 1. The summed E-state index contributed by atoms with van der Waals surface area (Å²) in [6.45, 7) is 1.13. The van der Waals surface area contributed by atoms with Crippen LogP contribution in [0.25, 0.3) is 0 Å². The van der Waals surface area contributed by atoms with Crippen LogP contribution in [0, 0.1) is 0 Å². The molecule has 1 aromatic carbocycles. The molecule has 6 heteroatoms. The largest absolute Gasteiger partial charge is 0.497 e. The number of hydrogen-bond acceptors (Lipinski definition) is 5. The minimum absolute atomic E-state index is 0.522. The molecule has 2 N–H and O–H groups in total. The number of benzene rings is 1. The summed E-state index contributed by atoms with van der Waals surface area (Å²) in [5.41, 5.74) is 6.65. The molecule has 0 unspecified atom stereocenters. The van der Waals surface area contributed by atoms with Gasteiger partial charge < -0.3 is 10.5 Å². The predicted molar refractivity (Wildman–Crippen MR) is 67.3 cm³/mol. The van der Waals surface area contributed by atoms with Gasteiger partial charge in [-0.3, -0.25) is 0 Å². The van der Waals surface area contributed by atoms with Gasteiger partial charge in [-0.15, -0.1) is 10.2 Å². The number of ether oxygens (including phenoxy) is 1. The first-order chi connectivity index (χ1) is 8.81. The number of nitrogens with zero attached hydrogens (tertiary/aromatic N) is 4. The van der Waals surface area contributed by atoms with Crippen LogP contribution in [-0.2, 0) is 19.4 Å². The Morgan fingerprint density at radius 2 is 2.00 bits per heavy atom. The lowest BCUT2D eigenvalue weighted by Crippen LogP contribution is -2.12. The standard InChI is InChI=1S/C12H17N5O/c1-18-11-5-2-10(3-6-11)4-7-12-14-16-17(15-12)9-8-13/h2-3,5-6H,4,7-9,13H2,1H3. The van der Waals surface area contributed by atoms with Crippen molar-refractivity contribution in [3.05, 3.63) is 35.7 Å². The zero-order valence-electron chi connectivity index (χ0n) is 10.4. The summed E-state index contributed by atoms with van der Waals surface area (Å²) in [5.74, 6) is 1.62. The maximum absolute atomic E-state index is 5.42. The highest BCUT2D eigenvalue weighted by Gasteiger charge is 2.03. The minimum Gasteiger partial charge on any atom is -0.497 e. The van der Waals surface area contributed by atoms with E-state index in [1.54, 1.807) is 7.11 Å². The van der Waals surface area contributed by atoms with E-state index < -0.39 is 0 Å². The number of rotatable bonds is 6. The van der Waals surface area contributed by atoms with Crippen LogP contribution in [-0.4, -0.2) is 33.9 Å². The normalized spacial score (nSPS) is 10.6. The molecule has 0 amide bonds. The van der Waals surface area contributed by atoms with Gasteiger partial charge in [-0.25, -0.2) is 0 Å². The van der Waals surface area contributed by atoms with E-state index in [1.807, 2.05) is 24.3 Å². The molecular weight excluding hydrogens is 230 g/mol. The predicted octanol–water partition coefficient (Wildman–Crippen LogP) is 0.426. The Morgan fingerprint density at radius 1 is 1.22 bits per heavy atom. The molecule has 96 valence electrons. The fourth-order valence-electron chi connectivity index (χ4n) is 1.64. The Bertz CT molecular complexity index is 479. The zero-order chi connectivity index (χ0) is 12.8. The molecule has 1 heterocycles. The molecule has 0 aliphatic carbocycles. The van der Waals surface area contributed by atoms with Crippen LogP contribution in [0.5, 0.6) is 5.75 Å². The van der Waals surface area contributed by atoms with Crippen LogP contribution >= 0.6 is 0 Å². The first kappa shape index (κ1) is 12.5. The van der Waals surface area contributed by atoms with Crippen molar-refractivity contribution in [2.24, 2.45) is 5.73 Å². The zero-order valence-corrected chi connectivity index (χ0v) is 10.4. The highest BCUT2D eigenvalue weighted by atomic mass is 16.5. The quantitative estimate of drug-likeness (QED) is 0.800. The molecular formula is C12H17N5O. The summed E-state index contributed by atoms with van der Waals surface area (Å²) in [6.07, 6.45) is 1.66. The molecule has 0 aliphatic rings. The van der Waals surface area contributed by atoms with Crippen LogP contribution in [0.15, 0.2) is 24.3 Å². The molecule has 0 atom stereocenters. The van der Waals surface area contributed by atoms with E-state index in [2.05, 4.69) is 15.4 Å². The highest BCUT2D eigenvalue weighted by Crippen LogP contribution is 2.12. The van der Waals surface area contributed by atoms with E-state index in [0.29, 0.717) is 13.1 Å². The molecule has 0 radical (unpaired) electrons. The lowest BCUT2D eigenvalue weighted by molar-refractivity contribution is 0.414. The van der Waals surface area contributed by atoms with Crippen molar-refractivity contribution in [3.8, 4) is 5.75 Å². The summed E-state index contributed by atoms with van der Waals surface area (Å²) < 4.78 is 5.11. The third-order valence-electron chi connectivity index (χ3n) is 2.62. The maximum atomic E-state index is 5.42. The van der Waals surface area contributed by atoms with Crippen LogP contribution in [0.1, 0.15) is 11.4 Å². The van der Waals surface area contributed by atoms with Crippen LogP contribution < -0.4 is 10.5 Å². The van der Waals surface area contributed by atoms with Crippen LogP contribution in [0.3, 0.4) is 0 Å². The molecule has 18 heavy (non-hydrogen) atoms. The first-order valence-corrected chi connectivity index (χ1v) is 5.91. The number of aromatic nitrogens is 4. The Morgan fingerprint density at radius 3 is 2.67 bits per heavy atom. The van der Waals surface area contributed by atoms with Gasteiger partial charge in [0, 0.05) is 13.0 Å². The maximum Gasteiger partial charge on any atom is 0.175 e. The Labute approximate surface area is 106 Å². The number of aryl methyl sites for hydroxylation is 2. The van der Waals surface area contributed by atoms with E-state index >= 15 is 0 Å². The van der Waals surface area contributed by atoms with Gasteiger partial charge >= 0.3 is 0 Å². The topological polar surface area (TPSA) is 78.9 Å². The third-order valence-corrected chi connectivity index (χ3v) is 2.62. The Kier molecular flexibility index (Phi) is 4.25. The molecule has 0 bridgehead atoms. The van der Waals surface area contributed by atoms with Gasteiger partial charge in [-0.05, 0) is 29.3 Å². The summed E-state index contributed by atoms with van der Waals surface area (Å²) in [7, 11) is 1.66. The monoisotopic (exact) mass is 247 g/mol. The minimum atomic E-state index is 0.522. The second kappa shape index (κ2) is 6.11. The summed E-state index contributed by atoms with van der Waals surface area (Å²) in [5, 5.41) is 12.1. The number of nitrogens with two attached hydrogens (primary N) is 1. The average molecular weight is 247 g/mol. The summed E-state index contributed by atoms with van der Waals surface area (Å²) >= 11 is 0. The van der Waals surface area contributed by atoms with Gasteiger partial charge in [0.05, 0.1) is 13.7 Å². The van der Waals surface area contributed by atoms with Gasteiger partial charge in [0.1, 0.15) is 5.75 Å². The van der Waals surface area contributed by atoms with E-state index in [4.69, 9.17) is 10.5 Å². The first-order valence-electron chi connectivity index (χ1n) is 5.91. The molecule has 0 fully saturated rings. The van der Waals surface area contributed by atoms with Crippen molar-refractivity contribution in [1.29, 1.82) is 0 Å². The SMILES string of the molecule is COc1ccc(CCc2nnn(CCN)n2)cc1. The fourth-order valence-corrected chi connectivity index (χ4v) is 1.64. The molecule has 0 saturated carbocycles. The van der Waals surface area contributed by atoms with Crippen molar-refractivity contribution < 1.29 is 4.74 Å². The highest BCUT2D eigenvalue weighted by molar-refractivity contribution is 5.27. The number of hydrogen-bond donors (Lipinski definition) is 1. The van der Waals surface area contributed by atoms with Crippen LogP contribution in [0.4, 0.5) is 0 Å². The van der Waals surface area contributed by atoms with Crippen molar-refractivity contribution in [2.45, 2.75) is 19.4 Å². The second-order valence-corrected chi connectivity index (χ2v) is 3.94. The van der Waals surface area contributed by atoms with E-state index in [-0.39, 0.29) is 0 Å². The molecule has 6 nitrogen and oxygen atoms in total. The van der Waals surface area contributed by atoms with E-state index in [1.165, 1.54) is 10.4 Å². The van der Waals surface area contributed by atoms with Crippen molar-refractivity contribution in [1.82, 2.24) is 20.2 Å². The molecule has 0 spiro atoms. The third kappa shape index (κ3) is 3.27. The summed E-state index contributed by atoms with van der Waals surface area (Å²) in [4.78, 5) is 1.53. The smallest absolute Gasteiger partial charge is 0.175 e. The fraction of sp³-hybridized carbons (Fsp3) is 0.417. The molecule has 2 rings (SSSR count). The van der Waals surface area contributed by atoms with Crippen LogP contribution in [0.2, 0.25) is 0 Å². The van der Waals surface area contributed by atoms with E-state index in [9.17, 15) is 0 Å². The van der Waals surface area contributed by atoms with Gasteiger partial charge in [0.25, 0.3) is 0 Å². The van der Waals surface area contributed by atoms with Crippen molar-refractivity contribution in [2.75, 3.05) is 13.7 Å². The molecule has 2 aromatic rings. The average Bonchev–Trinajstić information content (AvgIpc) is 2.85. The molecule has 0 aliphatic heterocycles. The van der Waals surface area contributed by atoms with Gasteiger partial charge in [-0.2, -0.15) is 4.80 Å². The van der Waals surface area contributed by atoms with Gasteiger partial charge in [0.2, 0.25) is 0 Å². The van der Waals surface area contributed by atoms with Gasteiger partial charge in [0.15, 0.2) is 5.82 Å².